The first-order valence-corrected chi connectivity index (χ1v) is 23.7. The predicted molar refractivity (Wildman–Crippen MR) is 239 cm³/mol. The highest BCUT2D eigenvalue weighted by Crippen LogP contribution is 2.22. The van der Waals surface area contributed by atoms with Crippen molar-refractivity contribution >= 4 is 18.0 Å². The molecule has 0 aliphatic rings. The van der Waals surface area contributed by atoms with Crippen molar-refractivity contribution in [3.8, 4) is 0 Å². The number of nitrogens with zero attached hydrogens (tertiary/aromatic N) is 1. The van der Waals surface area contributed by atoms with Crippen LogP contribution in [0.2, 0.25) is 0 Å². The van der Waals surface area contributed by atoms with E-state index >= 15 is 0 Å². The number of aliphatic carboxylic acids is 1. The topological polar surface area (TPSA) is 124 Å². The van der Waals surface area contributed by atoms with Gasteiger partial charge in [-0.2, -0.15) is 0 Å². The Hall–Kier alpha value is -2.43. The number of amides is 1. The molecule has 0 fully saturated rings. The summed E-state index contributed by atoms with van der Waals surface area (Å²) >= 11 is 0. The summed E-state index contributed by atoms with van der Waals surface area (Å²) in [7, 11) is 3.95. The number of unbranched alkanes of at least 4 members (excludes halogenated alkanes) is 17. The van der Waals surface area contributed by atoms with Gasteiger partial charge in [0, 0.05) is 32.1 Å². The fraction of sp³-hybridized carbons (Fsp3) is 0.854. The molecule has 58 heavy (non-hydrogen) atoms. The van der Waals surface area contributed by atoms with Gasteiger partial charge in [-0.3, -0.25) is 9.59 Å². The Labute approximate surface area is 356 Å². The Bertz CT molecular complexity index is 986. The Morgan fingerprint density at radius 2 is 1.14 bits per heavy atom. The van der Waals surface area contributed by atoms with Crippen LogP contribution in [0.1, 0.15) is 194 Å². The molecule has 340 valence electrons. The second kappa shape index (κ2) is 42.7. The van der Waals surface area contributed by atoms with Gasteiger partial charge in [-0.05, 0) is 84.8 Å². The Kier molecular flexibility index (Phi) is 40.9. The van der Waals surface area contributed by atoms with Crippen molar-refractivity contribution in [1.29, 1.82) is 0 Å². The van der Waals surface area contributed by atoms with Crippen LogP contribution in [0.3, 0.4) is 0 Å². The molecule has 0 aliphatic carbocycles. The van der Waals surface area contributed by atoms with Gasteiger partial charge < -0.3 is 34.3 Å². The molecule has 0 heterocycles. The highest BCUT2D eigenvalue weighted by molar-refractivity contribution is 5.70. The molecule has 0 spiro atoms. The van der Waals surface area contributed by atoms with E-state index in [4.69, 9.17) is 18.9 Å². The van der Waals surface area contributed by atoms with Crippen LogP contribution in [0.25, 0.3) is 0 Å². The maximum Gasteiger partial charge on any atom is 0.407 e. The van der Waals surface area contributed by atoms with Crippen LogP contribution in [0.4, 0.5) is 4.79 Å². The van der Waals surface area contributed by atoms with Crippen LogP contribution in [0.5, 0.6) is 0 Å². The van der Waals surface area contributed by atoms with Crippen LogP contribution >= 0.6 is 0 Å². The fourth-order valence-corrected chi connectivity index (χ4v) is 6.71. The minimum atomic E-state index is -0.872. The van der Waals surface area contributed by atoms with Crippen LogP contribution in [-0.2, 0) is 28.5 Å². The number of carbonyl (C=O) groups excluding carboxylic acids is 2. The fourth-order valence-electron chi connectivity index (χ4n) is 6.71. The Morgan fingerprint density at radius 1 is 0.621 bits per heavy atom. The maximum absolute atomic E-state index is 13.0. The number of carbonyl (C=O) groups is 3. The van der Waals surface area contributed by atoms with Gasteiger partial charge >= 0.3 is 18.0 Å². The molecule has 1 amide bonds. The third-order valence-electron chi connectivity index (χ3n) is 10.4. The number of alkyl carbamates (subject to hydrolysis) is 1. The highest BCUT2D eigenvalue weighted by atomic mass is 16.7. The van der Waals surface area contributed by atoms with Crippen molar-refractivity contribution in [2.75, 3.05) is 53.6 Å². The van der Waals surface area contributed by atoms with Crippen molar-refractivity contribution in [2.45, 2.75) is 200 Å². The molecule has 0 aromatic carbocycles. The van der Waals surface area contributed by atoms with Crippen LogP contribution in [-0.4, -0.2) is 87.9 Å². The number of hydrogen-bond acceptors (Lipinski definition) is 8. The van der Waals surface area contributed by atoms with E-state index in [0.29, 0.717) is 32.6 Å². The molecular weight excluding hydrogens is 733 g/mol. The molecular formula is C48H90N2O8. The van der Waals surface area contributed by atoms with Crippen molar-refractivity contribution in [1.82, 2.24) is 10.2 Å². The minimum Gasteiger partial charge on any atom is -0.481 e. The summed E-state index contributed by atoms with van der Waals surface area (Å²) in [4.78, 5) is 39.9. The summed E-state index contributed by atoms with van der Waals surface area (Å²) in [5, 5.41) is 12.9. The highest BCUT2D eigenvalue weighted by Gasteiger charge is 2.25. The molecule has 0 bridgehead atoms. The Balaban J connectivity index is 5.07. The van der Waals surface area contributed by atoms with E-state index in [1.54, 1.807) is 0 Å². The normalized spacial score (nSPS) is 12.9. The van der Waals surface area contributed by atoms with E-state index in [1.165, 1.54) is 70.6 Å². The second-order valence-electron chi connectivity index (χ2n) is 16.4. The SMILES string of the molecule is CCCCC/C=C\C/C=C\CCCCCCC(CC(COC(=O)CCC(OCCCCCCCC)OCCCCCCCC)COC(=O)NCCCN(C)C)C(=O)O. The van der Waals surface area contributed by atoms with Crippen LogP contribution < -0.4 is 5.32 Å². The first-order chi connectivity index (χ1) is 28.2. The predicted octanol–water partition coefficient (Wildman–Crippen LogP) is 12.2. The van der Waals surface area contributed by atoms with E-state index in [0.717, 1.165) is 83.6 Å². The summed E-state index contributed by atoms with van der Waals surface area (Å²) in [6.07, 6.45) is 35.0. The zero-order chi connectivity index (χ0) is 42.7. The molecule has 0 saturated heterocycles. The first-order valence-electron chi connectivity index (χ1n) is 23.7. The largest absolute Gasteiger partial charge is 0.481 e. The molecule has 2 N–H and O–H groups in total. The van der Waals surface area contributed by atoms with E-state index in [-0.39, 0.29) is 26.1 Å². The molecule has 0 aromatic heterocycles. The number of esters is 1. The number of allylic oxidation sites excluding steroid dienone is 4. The van der Waals surface area contributed by atoms with Crippen molar-refractivity contribution in [2.24, 2.45) is 11.8 Å². The van der Waals surface area contributed by atoms with Gasteiger partial charge in [0.05, 0.1) is 25.6 Å². The number of carboxylic acids is 1. The third-order valence-corrected chi connectivity index (χ3v) is 10.4. The molecule has 0 rings (SSSR count). The lowest BCUT2D eigenvalue weighted by Crippen LogP contribution is -2.31. The number of nitrogens with one attached hydrogen (secondary N) is 1. The number of rotatable bonds is 43. The van der Waals surface area contributed by atoms with Crippen molar-refractivity contribution < 1.29 is 38.4 Å². The first kappa shape index (κ1) is 55.6. The molecule has 2 unspecified atom stereocenters. The summed E-state index contributed by atoms with van der Waals surface area (Å²) in [6.45, 7) is 9.13. The summed E-state index contributed by atoms with van der Waals surface area (Å²) in [5.74, 6) is -2.32. The smallest absolute Gasteiger partial charge is 0.407 e. The molecule has 0 saturated carbocycles. The van der Waals surface area contributed by atoms with Gasteiger partial charge in [0.15, 0.2) is 6.29 Å². The molecule has 0 aliphatic heterocycles. The monoisotopic (exact) mass is 823 g/mol. The zero-order valence-electron chi connectivity index (χ0n) is 38.1. The lowest BCUT2D eigenvalue weighted by molar-refractivity contribution is -0.160. The van der Waals surface area contributed by atoms with Gasteiger partial charge in [-0.15, -0.1) is 0 Å². The van der Waals surface area contributed by atoms with Crippen molar-refractivity contribution in [3.05, 3.63) is 24.3 Å². The zero-order valence-corrected chi connectivity index (χ0v) is 38.1. The van der Waals surface area contributed by atoms with E-state index in [2.05, 4.69) is 50.4 Å². The molecule has 0 radical (unpaired) electrons. The minimum absolute atomic E-state index is 0.0152. The van der Waals surface area contributed by atoms with Gasteiger partial charge in [-0.25, -0.2) is 4.79 Å². The van der Waals surface area contributed by atoms with Crippen LogP contribution in [0, 0.1) is 11.8 Å². The molecule has 10 nitrogen and oxygen atoms in total. The molecule has 2 atom stereocenters. The average molecular weight is 823 g/mol. The number of carboxylic acid groups (broad SMARTS) is 1. The van der Waals surface area contributed by atoms with Gasteiger partial charge in [0.2, 0.25) is 0 Å². The van der Waals surface area contributed by atoms with Gasteiger partial charge in [-0.1, -0.05) is 141 Å². The summed E-state index contributed by atoms with van der Waals surface area (Å²) in [5.41, 5.74) is 0. The van der Waals surface area contributed by atoms with E-state index in [9.17, 15) is 19.5 Å². The van der Waals surface area contributed by atoms with Crippen LogP contribution in [0.15, 0.2) is 24.3 Å². The summed E-state index contributed by atoms with van der Waals surface area (Å²) in [6, 6.07) is 0. The summed E-state index contributed by atoms with van der Waals surface area (Å²) < 4.78 is 23.4. The number of ether oxygens (including phenoxy) is 4. The van der Waals surface area contributed by atoms with E-state index < -0.39 is 36.2 Å². The molecule has 0 aromatic rings. The average Bonchev–Trinajstić information content (AvgIpc) is 3.20. The maximum atomic E-state index is 13.0. The lowest BCUT2D eigenvalue weighted by atomic mass is 9.90. The van der Waals surface area contributed by atoms with Gasteiger partial charge in [0.1, 0.15) is 0 Å². The van der Waals surface area contributed by atoms with E-state index in [1.807, 2.05) is 19.0 Å². The van der Waals surface area contributed by atoms with Crippen molar-refractivity contribution in [3.63, 3.8) is 0 Å². The number of hydrogen-bond donors (Lipinski definition) is 2. The lowest BCUT2D eigenvalue weighted by Gasteiger charge is -2.22. The van der Waals surface area contributed by atoms with Gasteiger partial charge in [0.25, 0.3) is 0 Å². The molecule has 10 heteroatoms. The third kappa shape index (κ3) is 39.1. The second-order valence-corrected chi connectivity index (χ2v) is 16.4. The standard InChI is InChI=1S/C48H90N2O8/c1-6-9-12-15-18-19-20-21-22-23-24-25-26-29-33-44(47(52)53)40-43(42-58-48(54)49-36-32-37-50(4)5)41-57-45(51)34-35-46(55-38-30-27-16-13-10-7-2)56-39-31-28-17-14-11-8-3/h18-19,21-22,43-44,46H,6-17,20,23-42H2,1-5H3,(H,49,54)(H,52,53)/b19-18-,22-21-. The Morgan fingerprint density at radius 3 is 1.72 bits per heavy atom. The quantitative estimate of drug-likeness (QED) is 0.0268.